The molecule has 0 saturated carbocycles. The SMILES string of the molecule is NCc1nc(N2CCCCC2)no1. The summed E-state index contributed by atoms with van der Waals surface area (Å²) in [5.41, 5.74) is 5.38. The Morgan fingerprint density at radius 1 is 1.31 bits per heavy atom. The molecule has 0 unspecified atom stereocenters. The lowest BCUT2D eigenvalue weighted by atomic mass is 10.1. The van der Waals surface area contributed by atoms with Gasteiger partial charge in [-0.1, -0.05) is 0 Å². The van der Waals surface area contributed by atoms with E-state index in [2.05, 4.69) is 15.0 Å². The van der Waals surface area contributed by atoms with Crippen LogP contribution in [-0.2, 0) is 6.54 Å². The number of aromatic nitrogens is 2. The molecular formula is C8H14N4O. The minimum Gasteiger partial charge on any atom is -0.338 e. The lowest BCUT2D eigenvalue weighted by Gasteiger charge is -2.24. The van der Waals surface area contributed by atoms with E-state index in [9.17, 15) is 0 Å². The molecule has 0 aromatic carbocycles. The average molecular weight is 182 g/mol. The number of piperidine rings is 1. The first-order valence-electron chi connectivity index (χ1n) is 4.68. The zero-order chi connectivity index (χ0) is 9.10. The lowest BCUT2D eigenvalue weighted by molar-refractivity contribution is 0.378. The third-order valence-electron chi connectivity index (χ3n) is 2.27. The molecular weight excluding hydrogens is 168 g/mol. The van der Waals surface area contributed by atoms with Gasteiger partial charge in [0.25, 0.3) is 5.95 Å². The van der Waals surface area contributed by atoms with Gasteiger partial charge >= 0.3 is 0 Å². The largest absolute Gasteiger partial charge is 0.338 e. The molecule has 1 aromatic rings. The number of hydrogen-bond acceptors (Lipinski definition) is 5. The molecule has 0 atom stereocenters. The summed E-state index contributed by atoms with van der Waals surface area (Å²) in [7, 11) is 0. The Labute approximate surface area is 76.9 Å². The van der Waals surface area contributed by atoms with Crippen molar-refractivity contribution in [1.29, 1.82) is 0 Å². The van der Waals surface area contributed by atoms with Gasteiger partial charge in [-0.05, 0) is 24.4 Å². The van der Waals surface area contributed by atoms with E-state index < -0.39 is 0 Å². The second kappa shape index (κ2) is 3.74. The van der Waals surface area contributed by atoms with E-state index in [4.69, 9.17) is 10.3 Å². The minimum atomic E-state index is 0.320. The molecule has 1 aliphatic rings. The lowest BCUT2D eigenvalue weighted by Crippen LogP contribution is -2.30. The standard InChI is InChI=1S/C8H14N4O/c9-6-7-10-8(11-13-7)12-4-2-1-3-5-12/h1-6,9H2. The van der Waals surface area contributed by atoms with Crippen LogP contribution in [0.3, 0.4) is 0 Å². The van der Waals surface area contributed by atoms with Crippen LogP contribution in [0.4, 0.5) is 5.95 Å². The van der Waals surface area contributed by atoms with Crippen molar-refractivity contribution in [2.75, 3.05) is 18.0 Å². The Morgan fingerprint density at radius 3 is 2.69 bits per heavy atom. The van der Waals surface area contributed by atoms with Crippen molar-refractivity contribution in [3.63, 3.8) is 0 Å². The second-order valence-electron chi connectivity index (χ2n) is 3.24. The Kier molecular flexibility index (Phi) is 2.44. The predicted octanol–water partition coefficient (Wildman–Crippen LogP) is 0.519. The molecule has 2 rings (SSSR count). The summed E-state index contributed by atoms with van der Waals surface area (Å²) < 4.78 is 4.94. The normalized spacial score (nSPS) is 17.8. The summed E-state index contributed by atoms with van der Waals surface area (Å²) in [5.74, 6) is 1.21. The van der Waals surface area contributed by atoms with Crippen LogP contribution in [0, 0.1) is 0 Å². The van der Waals surface area contributed by atoms with Crippen LogP contribution >= 0.6 is 0 Å². The van der Waals surface area contributed by atoms with Gasteiger partial charge in [0.15, 0.2) is 0 Å². The second-order valence-corrected chi connectivity index (χ2v) is 3.24. The fraction of sp³-hybridized carbons (Fsp3) is 0.750. The van der Waals surface area contributed by atoms with E-state index in [1.807, 2.05) is 0 Å². The molecule has 1 fully saturated rings. The number of nitrogens with two attached hydrogens (primary N) is 1. The molecule has 2 heterocycles. The van der Waals surface area contributed by atoms with Gasteiger partial charge in [0.05, 0.1) is 6.54 Å². The van der Waals surface area contributed by atoms with Gasteiger partial charge in [-0.2, -0.15) is 4.98 Å². The van der Waals surface area contributed by atoms with Gasteiger partial charge in [0, 0.05) is 13.1 Å². The molecule has 5 nitrogen and oxygen atoms in total. The molecule has 1 aliphatic heterocycles. The molecule has 0 radical (unpaired) electrons. The molecule has 2 N–H and O–H groups in total. The van der Waals surface area contributed by atoms with Crippen molar-refractivity contribution >= 4 is 5.95 Å². The van der Waals surface area contributed by atoms with Crippen molar-refractivity contribution in [2.24, 2.45) is 5.73 Å². The predicted molar refractivity (Wildman–Crippen MR) is 48.3 cm³/mol. The zero-order valence-corrected chi connectivity index (χ0v) is 7.57. The first-order valence-corrected chi connectivity index (χ1v) is 4.68. The van der Waals surface area contributed by atoms with E-state index in [1.165, 1.54) is 19.3 Å². The topological polar surface area (TPSA) is 68.2 Å². The molecule has 13 heavy (non-hydrogen) atoms. The maximum absolute atomic E-state index is 5.38. The molecule has 72 valence electrons. The maximum atomic E-state index is 5.38. The third-order valence-corrected chi connectivity index (χ3v) is 2.27. The fourth-order valence-corrected chi connectivity index (χ4v) is 1.55. The van der Waals surface area contributed by atoms with Crippen LogP contribution in [0.25, 0.3) is 0 Å². The highest BCUT2D eigenvalue weighted by Gasteiger charge is 2.15. The van der Waals surface area contributed by atoms with Gasteiger partial charge in [-0.3, -0.25) is 0 Å². The van der Waals surface area contributed by atoms with E-state index in [-0.39, 0.29) is 0 Å². The van der Waals surface area contributed by atoms with Gasteiger partial charge in [0.2, 0.25) is 5.89 Å². The summed E-state index contributed by atoms with van der Waals surface area (Å²) in [6.45, 7) is 2.38. The summed E-state index contributed by atoms with van der Waals surface area (Å²) in [6.07, 6.45) is 3.73. The first kappa shape index (κ1) is 8.50. The molecule has 5 heteroatoms. The number of anilines is 1. The van der Waals surface area contributed by atoms with Crippen molar-refractivity contribution < 1.29 is 4.52 Å². The Bertz CT molecular complexity index is 267. The first-order chi connectivity index (χ1) is 6.40. The van der Waals surface area contributed by atoms with Crippen molar-refractivity contribution in [3.8, 4) is 0 Å². The van der Waals surface area contributed by atoms with E-state index in [0.717, 1.165) is 13.1 Å². The average Bonchev–Trinajstić information content (AvgIpc) is 2.67. The molecule has 0 spiro atoms. The third kappa shape index (κ3) is 1.80. The number of nitrogens with zero attached hydrogens (tertiary/aromatic N) is 3. The summed E-state index contributed by atoms with van der Waals surface area (Å²) in [6, 6.07) is 0. The van der Waals surface area contributed by atoms with Gasteiger partial charge in [0.1, 0.15) is 0 Å². The van der Waals surface area contributed by atoms with Gasteiger partial charge in [-0.15, -0.1) is 0 Å². The minimum absolute atomic E-state index is 0.320. The highest BCUT2D eigenvalue weighted by molar-refractivity contribution is 5.27. The summed E-state index contributed by atoms with van der Waals surface area (Å²) in [4.78, 5) is 6.32. The zero-order valence-electron chi connectivity index (χ0n) is 7.57. The van der Waals surface area contributed by atoms with Crippen LogP contribution in [0.15, 0.2) is 4.52 Å². The molecule has 1 aromatic heterocycles. The fourth-order valence-electron chi connectivity index (χ4n) is 1.55. The van der Waals surface area contributed by atoms with Crippen molar-refractivity contribution in [3.05, 3.63) is 5.89 Å². The van der Waals surface area contributed by atoms with Gasteiger partial charge < -0.3 is 15.2 Å². The highest BCUT2D eigenvalue weighted by atomic mass is 16.5. The smallest absolute Gasteiger partial charge is 0.266 e. The van der Waals surface area contributed by atoms with Crippen LogP contribution in [0.2, 0.25) is 0 Å². The molecule has 0 amide bonds. The summed E-state index contributed by atoms with van der Waals surface area (Å²) in [5, 5.41) is 3.87. The van der Waals surface area contributed by atoms with Crippen LogP contribution in [-0.4, -0.2) is 23.2 Å². The quantitative estimate of drug-likeness (QED) is 0.722. The Hall–Kier alpha value is -1.10. The van der Waals surface area contributed by atoms with E-state index in [0.29, 0.717) is 18.4 Å². The highest BCUT2D eigenvalue weighted by Crippen LogP contribution is 2.15. The van der Waals surface area contributed by atoms with Gasteiger partial charge in [-0.25, -0.2) is 0 Å². The molecule has 1 saturated heterocycles. The monoisotopic (exact) mass is 182 g/mol. The van der Waals surface area contributed by atoms with E-state index >= 15 is 0 Å². The maximum Gasteiger partial charge on any atom is 0.266 e. The van der Waals surface area contributed by atoms with Crippen LogP contribution in [0.1, 0.15) is 25.2 Å². The van der Waals surface area contributed by atoms with Crippen LogP contribution < -0.4 is 10.6 Å². The van der Waals surface area contributed by atoms with Crippen molar-refractivity contribution in [1.82, 2.24) is 10.1 Å². The number of rotatable bonds is 2. The Balaban J connectivity index is 2.05. The van der Waals surface area contributed by atoms with E-state index in [1.54, 1.807) is 0 Å². The Morgan fingerprint density at radius 2 is 2.08 bits per heavy atom. The van der Waals surface area contributed by atoms with Crippen LogP contribution in [0.5, 0.6) is 0 Å². The number of hydrogen-bond donors (Lipinski definition) is 1. The summed E-state index contributed by atoms with van der Waals surface area (Å²) >= 11 is 0. The molecule has 0 bridgehead atoms. The molecule has 0 aliphatic carbocycles. The van der Waals surface area contributed by atoms with Crippen molar-refractivity contribution in [2.45, 2.75) is 25.8 Å².